The number of nitrogens with two attached hydrogens (primary N) is 1. The molecular weight excluding hydrogens is 687 g/mol. The normalized spacial score (nSPS) is 23.2. The SMILES string of the molecule is CC[C@H](C)[C@@H]1NC(=O)[C@@H](N)Cc2ccc3c(c2)[C@]24c5cc(Cl)c(cc5N[C@@H]2O3)-c2cccc3[nH]c(Cl)c(c23)-c2oc(nc2Cl)-c2nc1oc24. The first-order chi connectivity index (χ1) is 23.7. The second-order valence-corrected chi connectivity index (χ2v) is 14.4. The molecule has 0 saturated carbocycles. The van der Waals surface area contributed by atoms with Gasteiger partial charge in [-0.1, -0.05) is 79.3 Å². The van der Waals surface area contributed by atoms with Gasteiger partial charge in [-0.3, -0.25) is 4.79 Å². The number of nitrogens with zero attached hydrogens (tertiary/aromatic N) is 2. The van der Waals surface area contributed by atoms with Gasteiger partial charge >= 0.3 is 0 Å². The number of hydrogen-bond acceptors (Lipinski definition) is 8. The monoisotopic (exact) mass is 712 g/mol. The van der Waals surface area contributed by atoms with E-state index >= 15 is 0 Å². The van der Waals surface area contributed by atoms with E-state index < -0.39 is 23.7 Å². The van der Waals surface area contributed by atoms with E-state index in [1.807, 2.05) is 62.4 Å². The molecule has 3 aromatic carbocycles. The zero-order chi connectivity index (χ0) is 33.5. The Bertz CT molecular complexity index is 2430. The summed E-state index contributed by atoms with van der Waals surface area (Å²) in [5.41, 5.74) is 12.0. The van der Waals surface area contributed by atoms with Gasteiger partial charge in [0, 0.05) is 38.3 Å². The number of amides is 1. The minimum atomic E-state index is -1.11. The Kier molecular flexibility index (Phi) is 6.03. The van der Waals surface area contributed by atoms with Crippen molar-refractivity contribution < 1.29 is 18.4 Å². The summed E-state index contributed by atoms with van der Waals surface area (Å²) in [5, 5.41) is 8.50. The average molecular weight is 714 g/mol. The van der Waals surface area contributed by atoms with Gasteiger partial charge in [0.2, 0.25) is 11.8 Å². The summed E-state index contributed by atoms with van der Waals surface area (Å²) in [6.07, 6.45) is 0.383. The molecule has 8 heterocycles. The number of fused-ring (bicyclic) bond motifs is 3. The summed E-state index contributed by atoms with van der Waals surface area (Å²) >= 11 is 21.1. The number of H-pyrrole nitrogens is 1. The molecule has 13 heteroatoms. The predicted octanol–water partition coefficient (Wildman–Crippen LogP) is 7.98. The highest BCUT2D eigenvalue weighted by Crippen LogP contribution is 2.61. The molecule has 5 aliphatic heterocycles. The molecule has 10 bridgehead atoms. The number of hydrogen-bond donors (Lipinski definition) is 4. The van der Waals surface area contributed by atoms with Crippen LogP contribution in [0.3, 0.4) is 0 Å². The van der Waals surface area contributed by atoms with Gasteiger partial charge in [0.15, 0.2) is 28.6 Å². The van der Waals surface area contributed by atoms with E-state index in [1.54, 1.807) is 0 Å². The van der Waals surface area contributed by atoms with Crippen molar-refractivity contribution in [2.45, 2.75) is 50.4 Å². The zero-order valence-electron chi connectivity index (χ0n) is 26.1. The van der Waals surface area contributed by atoms with E-state index in [4.69, 9.17) is 64.1 Å². The molecule has 5 atom stereocenters. The number of rotatable bonds is 2. The third-order valence-electron chi connectivity index (χ3n) is 10.6. The summed E-state index contributed by atoms with van der Waals surface area (Å²) in [6, 6.07) is 14.3. The van der Waals surface area contributed by atoms with Crippen LogP contribution in [0.2, 0.25) is 15.3 Å². The average Bonchev–Trinajstić information content (AvgIpc) is 3.88. The summed E-state index contributed by atoms with van der Waals surface area (Å²) < 4.78 is 20.3. The van der Waals surface area contributed by atoms with Crippen LogP contribution in [0.25, 0.3) is 44.9 Å². The standard InChI is InChI=1S/C36H27Cl3N6O4/c1-3-13(2)26-33-44-27-29(49-33)36-17-12-19(37)16(15-5-4-6-21-24(15)25(30(38)41-21)28-31(39)45-34(27)48-28)11-22(17)42-35(36)47-23-8-7-14(9-18(23)36)10-20(40)32(46)43-26/h4-9,11-13,20,26,35,41-42H,3,10,40H2,1-2H3,(H,43,46)/t13-,20-,26-,35+,36-/m0/s1. The Morgan fingerprint density at radius 1 is 1.04 bits per heavy atom. The van der Waals surface area contributed by atoms with Crippen LogP contribution in [-0.2, 0) is 16.6 Å². The van der Waals surface area contributed by atoms with E-state index in [2.05, 4.69) is 15.6 Å². The first kappa shape index (κ1) is 29.4. The van der Waals surface area contributed by atoms with E-state index in [0.29, 0.717) is 39.4 Å². The van der Waals surface area contributed by atoms with Crippen molar-refractivity contribution in [3.63, 3.8) is 0 Å². The van der Waals surface area contributed by atoms with Crippen LogP contribution in [0.15, 0.2) is 57.4 Å². The fourth-order valence-corrected chi connectivity index (χ4v) is 8.77. The number of benzene rings is 3. The molecule has 0 fully saturated rings. The van der Waals surface area contributed by atoms with Crippen LogP contribution >= 0.6 is 34.8 Å². The predicted molar refractivity (Wildman–Crippen MR) is 186 cm³/mol. The Morgan fingerprint density at radius 3 is 2.73 bits per heavy atom. The third kappa shape index (κ3) is 3.80. The number of halogens is 3. The minimum absolute atomic E-state index is 0.0660. The van der Waals surface area contributed by atoms with E-state index in [-0.39, 0.29) is 34.5 Å². The molecule has 11 rings (SSSR count). The molecule has 49 heavy (non-hydrogen) atoms. The topological polar surface area (TPSA) is 144 Å². The van der Waals surface area contributed by atoms with Crippen molar-refractivity contribution >= 4 is 57.3 Å². The minimum Gasteiger partial charge on any atom is -0.469 e. The molecule has 1 spiro atoms. The fourth-order valence-electron chi connectivity index (χ4n) is 8.01. The Labute approximate surface area is 294 Å². The third-order valence-corrected chi connectivity index (χ3v) is 11.4. The van der Waals surface area contributed by atoms with Crippen LogP contribution in [0, 0.1) is 5.92 Å². The van der Waals surface area contributed by atoms with Gasteiger partial charge in [-0.05, 0) is 47.7 Å². The number of carbonyl (C=O) groups is 1. The summed E-state index contributed by atoms with van der Waals surface area (Å²) in [4.78, 5) is 26.6. The van der Waals surface area contributed by atoms with Crippen LogP contribution < -0.4 is 21.1 Å². The van der Waals surface area contributed by atoms with Gasteiger partial charge in [0.25, 0.3) is 5.89 Å². The molecule has 0 radical (unpaired) electrons. The number of carbonyl (C=O) groups excluding carboxylic acids is 1. The van der Waals surface area contributed by atoms with Crippen LogP contribution in [-0.4, -0.2) is 33.1 Å². The number of nitrogens with one attached hydrogen (secondary N) is 3. The van der Waals surface area contributed by atoms with Crippen molar-refractivity contribution in [2.75, 3.05) is 5.32 Å². The van der Waals surface area contributed by atoms with Crippen molar-refractivity contribution in [1.82, 2.24) is 20.3 Å². The molecule has 5 N–H and O–H groups in total. The van der Waals surface area contributed by atoms with Crippen LogP contribution in [0.4, 0.5) is 5.69 Å². The van der Waals surface area contributed by atoms with Crippen molar-refractivity contribution in [1.29, 1.82) is 0 Å². The second kappa shape index (κ2) is 10.0. The molecular formula is C36H27Cl3N6O4. The van der Waals surface area contributed by atoms with Gasteiger partial charge < -0.3 is 34.9 Å². The molecule has 0 unspecified atom stereocenters. The Balaban J connectivity index is 1.39. The first-order valence-corrected chi connectivity index (χ1v) is 17.3. The molecule has 1 amide bonds. The van der Waals surface area contributed by atoms with E-state index in [1.165, 1.54) is 0 Å². The summed E-state index contributed by atoms with van der Waals surface area (Å²) in [5.74, 6) is 1.36. The largest absolute Gasteiger partial charge is 0.469 e. The second-order valence-electron chi connectivity index (χ2n) is 13.3. The van der Waals surface area contributed by atoms with Gasteiger partial charge in [0.1, 0.15) is 22.4 Å². The van der Waals surface area contributed by atoms with Crippen molar-refractivity contribution in [3.05, 3.63) is 92.2 Å². The lowest BCUT2D eigenvalue weighted by Crippen LogP contribution is -2.45. The van der Waals surface area contributed by atoms with Crippen molar-refractivity contribution in [3.8, 4) is 39.8 Å². The molecule has 10 nitrogen and oxygen atoms in total. The van der Waals surface area contributed by atoms with Gasteiger partial charge in [-0.2, -0.15) is 4.98 Å². The number of aromatic nitrogens is 3. The molecule has 6 aromatic rings. The summed E-state index contributed by atoms with van der Waals surface area (Å²) in [7, 11) is 0. The quantitative estimate of drug-likeness (QED) is 0.141. The van der Waals surface area contributed by atoms with Gasteiger partial charge in [0.05, 0.1) is 11.6 Å². The lowest BCUT2D eigenvalue weighted by Gasteiger charge is -2.28. The van der Waals surface area contributed by atoms with Crippen molar-refractivity contribution in [2.24, 2.45) is 11.7 Å². The highest BCUT2D eigenvalue weighted by molar-refractivity contribution is 6.38. The maximum absolute atomic E-state index is 13.6. The Morgan fingerprint density at radius 2 is 1.90 bits per heavy atom. The first-order valence-electron chi connectivity index (χ1n) is 16.1. The van der Waals surface area contributed by atoms with Crippen LogP contribution in [0.1, 0.15) is 54.7 Å². The molecule has 3 aromatic heterocycles. The lowest BCUT2D eigenvalue weighted by molar-refractivity contribution is -0.123. The molecule has 0 saturated heterocycles. The van der Waals surface area contributed by atoms with E-state index in [9.17, 15) is 4.79 Å². The van der Waals surface area contributed by atoms with Gasteiger partial charge in [-0.15, -0.1) is 0 Å². The lowest BCUT2D eigenvalue weighted by atomic mass is 9.72. The number of oxazole rings is 2. The Hall–Kier alpha value is -4.48. The maximum atomic E-state index is 13.6. The zero-order valence-corrected chi connectivity index (χ0v) is 28.3. The van der Waals surface area contributed by atoms with E-state index in [0.717, 1.165) is 50.8 Å². The smallest absolute Gasteiger partial charge is 0.250 e. The highest BCUT2D eigenvalue weighted by Gasteiger charge is 2.61. The molecule has 246 valence electrons. The number of ether oxygens (including phenoxy) is 1. The number of anilines is 1. The summed E-state index contributed by atoms with van der Waals surface area (Å²) in [6.45, 7) is 4.07. The maximum Gasteiger partial charge on any atom is 0.250 e. The highest BCUT2D eigenvalue weighted by atomic mass is 35.5. The number of aromatic amines is 1. The molecule has 0 aliphatic carbocycles. The van der Waals surface area contributed by atoms with Gasteiger partial charge in [-0.25, -0.2) is 4.98 Å². The van der Waals surface area contributed by atoms with Crippen LogP contribution in [0.5, 0.6) is 5.75 Å². The molecule has 5 aliphatic rings. The fraction of sp³-hybridized carbons (Fsp3) is 0.250.